The molecule has 2 atom stereocenters. The van der Waals surface area contributed by atoms with Crippen molar-refractivity contribution < 1.29 is 9.84 Å². The number of fused-ring (bicyclic) bond motifs is 2. The fraction of sp³-hybridized carbons (Fsp3) is 0.562. The van der Waals surface area contributed by atoms with E-state index in [2.05, 4.69) is 11.0 Å². The van der Waals surface area contributed by atoms with Gasteiger partial charge in [0.1, 0.15) is 18.4 Å². The molecule has 2 fully saturated rings. The van der Waals surface area contributed by atoms with Gasteiger partial charge >= 0.3 is 0 Å². The molecule has 106 valence electrons. The highest BCUT2D eigenvalue weighted by atomic mass is 16.5. The lowest BCUT2D eigenvalue weighted by Gasteiger charge is -2.36. The number of aliphatic hydroxyl groups is 1. The molecule has 4 nitrogen and oxygen atoms in total. The van der Waals surface area contributed by atoms with Gasteiger partial charge in [-0.2, -0.15) is 5.26 Å². The van der Waals surface area contributed by atoms with E-state index < -0.39 is 0 Å². The van der Waals surface area contributed by atoms with Crippen LogP contribution in [0.25, 0.3) is 0 Å². The van der Waals surface area contributed by atoms with Gasteiger partial charge in [-0.05, 0) is 37.8 Å². The molecule has 2 unspecified atom stereocenters. The molecule has 0 spiro atoms. The van der Waals surface area contributed by atoms with Crippen LogP contribution in [-0.4, -0.2) is 41.3 Å². The van der Waals surface area contributed by atoms with Gasteiger partial charge in [-0.1, -0.05) is 12.1 Å². The zero-order valence-corrected chi connectivity index (χ0v) is 11.5. The number of aliphatic hydroxyl groups excluding tert-OH is 1. The van der Waals surface area contributed by atoms with E-state index in [1.54, 1.807) is 6.07 Å². The Hall–Kier alpha value is -1.57. The monoisotopic (exact) mass is 272 g/mol. The summed E-state index contributed by atoms with van der Waals surface area (Å²) in [6.45, 7) is 1.48. The van der Waals surface area contributed by atoms with Crippen molar-refractivity contribution in [3.63, 3.8) is 0 Å². The van der Waals surface area contributed by atoms with Crippen molar-refractivity contribution in [3.05, 3.63) is 29.8 Å². The minimum atomic E-state index is -0.121. The first-order valence-corrected chi connectivity index (χ1v) is 7.33. The number of nitrogens with zero attached hydrogens (tertiary/aromatic N) is 2. The van der Waals surface area contributed by atoms with Crippen LogP contribution in [-0.2, 0) is 0 Å². The molecular formula is C16H20N2O2. The van der Waals surface area contributed by atoms with Crippen LogP contribution in [0.5, 0.6) is 5.75 Å². The van der Waals surface area contributed by atoms with Gasteiger partial charge in [0.15, 0.2) is 0 Å². The SMILES string of the molecule is N#Cc1ccccc1OCCN1C2CCC1CC(O)C2. The third-order valence-electron chi connectivity index (χ3n) is 4.47. The molecule has 2 heterocycles. The van der Waals surface area contributed by atoms with Crippen LogP contribution in [0, 0.1) is 11.3 Å². The molecular weight excluding hydrogens is 252 g/mol. The highest BCUT2D eigenvalue weighted by Crippen LogP contribution is 2.35. The minimum absolute atomic E-state index is 0.121. The Morgan fingerprint density at radius 3 is 2.65 bits per heavy atom. The molecule has 0 radical (unpaired) electrons. The number of para-hydroxylation sites is 1. The number of hydrogen-bond donors (Lipinski definition) is 1. The number of rotatable bonds is 4. The van der Waals surface area contributed by atoms with Gasteiger partial charge < -0.3 is 9.84 Å². The molecule has 0 aliphatic carbocycles. The van der Waals surface area contributed by atoms with Crippen molar-refractivity contribution in [2.45, 2.75) is 43.9 Å². The summed E-state index contributed by atoms with van der Waals surface area (Å²) in [5.41, 5.74) is 0.588. The Bertz CT molecular complexity index is 497. The zero-order chi connectivity index (χ0) is 13.9. The van der Waals surface area contributed by atoms with Crippen molar-refractivity contribution in [3.8, 4) is 11.8 Å². The molecule has 1 aromatic carbocycles. The Morgan fingerprint density at radius 2 is 1.95 bits per heavy atom. The van der Waals surface area contributed by atoms with Crippen LogP contribution in [0.15, 0.2) is 24.3 Å². The molecule has 1 N–H and O–H groups in total. The Kier molecular flexibility index (Phi) is 3.90. The normalized spacial score (nSPS) is 29.1. The van der Waals surface area contributed by atoms with Crippen molar-refractivity contribution >= 4 is 0 Å². The molecule has 0 saturated carbocycles. The number of benzene rings is 1. The molecule has 20 heavy (non-hydrogen) atoms. The average molecular weight is 272 g/mol. The van der Waals surface area contributed by atoms with Gasteiger partial charge in [-0.3, -0.25) is 4.90 Å². The summed E-state index contributed by atoms with van der Waals surface area (Å²) in [6, 6.07) is 10.5. The lowest BCUT2D eigenvalue weighted by atomic mass is 10.0. The second kappa shape index (κ2) is 5.82. The predicted octanol–water partition coefficient (Wildman–Crippen LogP) is 1.92. The maximum absolute atomic E-state index is 9.79. The summed E-state index contributed by atoms with van der Waals surface area (Å²) in [5.74, 6) is 0.666. The van der Waals surface area contributed by atoms with E-state index >= 15 is 0 Å². The predicted molar refractivity (Wildman–Crippen MR) is 75.4 cm³/mol. The minimum Gasteiger partial charge on any atom is -0.491 e. The summed E-state index contributed by atoms with van der Waals surface area (Å²) >= 11 is 0. The van der Waals surface area contributed by atoms with Crippen LogP contribution < -0.4 is 4.74 Å². The van der Waals surface area contributed by atoms with Crippen molar-refractivity contribution in [1.82, 2.24) is 4.90 Å². The Balaban J connectivity index is 1.55. The first-order chi connectivity index (χ1) is 9.78. The second-order valence-electron chi connectivity index (χ2n) is 5.70. The quantitative estimate of drug-likeness (QED) is 0.910. The molecule has 2 aliphatic rings. The Morgan fingerprint density at radius 1 is 1.25 bits per heavy atom. The van der Waals surface area contributed by atoms with E-state index in [9.17, 15) is 5.11 Å². The lowest BCUT2D eigenvalue weighted by molar-refractivity contribution is 0.0287. The van der Waals surface area contributed by atoms with Gasteiger partial charge in [0, 0.05) is 18.6 Å². The third kappa shape index (κ3) is 2.65. The molecule has 0 aromatic heterocycles. The maximum atomic E-state index is 9.79. The van der Waals surface area contributed by atoms with Crippen LogP contribution in [0.4, 0.5) is 0 Å². The first-order valence-electron chi connectivity index (χ1n) is 7.33. The van der Waals surface area contributed by atoms with Crippen LogP contribution >= 0.6 is 0 Å². The van der Waals surface area contributed by atoms with E-state index in [0.717, 1.165) is 19.4 Å². The fourth-order valence-corrected chi connectivity index (χ4v) is 3.56. The molecule has 2 aliphatic heterocycles. The van der Waals surface area contributed by atoms with Crippen molar-refractivity contribution in [2.75, 3.05) is 13.2 Å². The number of hydrogen-bond acceptors (Lipinski definition) is 4. The van der Waals surface area contributed by atoms with E-state index in [4.69, 9.17) is 10.00 Å². The van der Waals surface area contributed by atoms with Crippen LogP contribution in [0.3, 0.4) is 0 Å². The van der Waals surface area contributed by atoms with Gasteiger partial charge in [0.2, 0.25) is 0 Å². The molecule has 1 aromatic rings. The lowest BCUT2D eigenvalue weighted by Crippen LogP contribution is -2.46. The van der Waals surface area contributed by atoms with Crippen LogP contribution in [0.2, 0.25) is 0 Å². The molecule has 3 rings (SSSR count). The average Bonchev–Trinajstić information content (AvgIpc) is 2.70. The summed E-state index contributed by atoms with van der Waals surface area (Å²) in [4.78, 5) is 2.47. The van der Waals surface area contributed by atoms with Gasteiger partial charge in [-0.15, -0.1) is 0 Å². The summed E-state index contributed by atoms with van der Waals surface area (Å²) in [5, 5.41) is 18.8. The number of piperidine rings is 1. The maximum Gasteiger partial charge on any atom is 0.137 e. The fourth-order valence-electron chi connectivity index (χ4n) is 3.56. The van der Waals surface area contributed by atoms with Gasteiger partial charge in [0.25, 0.3) is 0 Å². The first kappa shape index (κ1) is 13.4. The standard InChI is InChI=1S/C16H20N2O2/c17-11-12-3-1-2-4-16(12)20-8-7-18-13-5-6-14(18)10-15(19)9-13/h1-4,13-15,19H,5-10H2. The molecule has 4 heteroatoms. The molecule has 2 saturated heterocycles. The third-order valence-corrected chi connectivity index (χ3v) is 4.47. The summed E-state index contributed by atoms with van der Waals surface area (Å²) in [6.07, 6.45) is 4.05. The molecule has 2 bridgehead atoms. The number of nitriles is 1. The van der Waals surface area contributed by atoms with E-state index in [0.29, 0.717) is 30.0 Å². The Labute approximate surface area is 119 Å². The topological polar surface area (TPSA) is 56.5 Å². The summed E-state index contributed by atoms with van der Waals surface area (Å²) in [7, 11) is 0. The second-order valence-corrected chi connectivity index (χ2v) is 5.70. The zero-order valence-electron chi connectivity index (χ0n) is 11.5. The molecule has 0 amide bonds. The van der Waals surface area contributed by atoms with Crippen molar-refractivity contribution in [2.24, 2.45) is 0 Å². The van der Waals surface area contributed by atoms with E-state index in [-0.39, 0.29) is 6.10 Å². The van der Waals surface area contributed by atoms with Crippen LogP contribution in [0.1, 0.15) is 31.2 Å². The number of ether oxygens (including phenoxy) is 1. The smallest absolute Gasteiger partial charge is 0.137 e. The van der Waals surface area contributed by atoms with Gasteiger partial charge in [-0.25, -0.2) is 0 Å². The van der Waals surface area contributed by atoms with Crippen molar-refractivity contribution in [1.29, 1.82) is 5.26 Å². The largest absolute Gasteiger partial charge is 0.491 e. The highest BCUT2D eigenvalue weighted by molar-refractivity contribution is 5.42. The van der Waals surface area contributed by atoms with E-state index in [1.807, 2.05) is 18.2 Å². The van der Waals surface area contributed by atoms with Gasteiger partial charge in [0.05, 0.1) is 11.7 Å². The highest BCUT2D eigenvalue weighted by Gasteiger charge is 2.39. The van der Waals surface area contributed by atoms with E-state index in [1.165, 1.54) is 12.8 Å². The summed E-state index contributed by atoms with van der Waals surface area (Å²) < 4.78 is 5.76.